The number of urea groups is 1. The minimum atomic E-state index is -1.15. The van der Waals surface area contributed by atoms with Crippen molar-refractivity contribution in [2.24, 2.45) is 5.73 Å². The molecule has 0 aliphatic carbocycles. The molecular formula is C16H23N3O5. The predicted molar refractivity (Wildman–Crippen MR) is 88.9 cm³/mol. The molecule has 0 radical (unpaired) electrons. The third-order valence-corrected chi connectivity index (χ3v) is 2.94. The molecule has 0 saturated heterocycles. The van der Waals surface area contributed by atoms with E-state index < -0.39 is 23.9 Å². The van der Waals surface area contributed by atoms with E-state index in [1.54, 1.807) is 12.1 Å². The zero-order valence-corrected chi connectivity index (χ0v) is 14.0. The topological polar surface area (TPSA) is 131 Å². The van der Waals surface area contributed by atoms with Crippen molar-refractivity contribution in [1.29, 1.82) is 0 Å². The first-order chi connectivity index (χ1) is 11.1. The summed E-state index contributed by atoms with van der Waals surface area (Å²) in [7, 11) is 0. The van der Waals surface area contributed by atoms with Crippen LogP contribution in [0.3, 0.4) is 0 Å². The Kier molecular flexibility index (Phi) is 6.72. The Morgan fingerprint density at radius 1 is 1.29 bits per heavy atom. The molecule has 8 nitrogen and oxygen atoms in total. The van der Waals surface area contributed by atoms with Crippen molar-refractivity contribution in [3.63, 3.8) is 0 Å². The number of ether oxygens (including phenoxy) is 1. The van der Waals surface area contributed by atoms with Crippen LogP contribution in [0.5, 0.6) is 0 Å². The van der Waals surface area contributed by atoms with Gasteiger partial charge in [0.05, 0.1) is 5.60 Å². The summed E-state index contributed by atoms with van der Waals surface area (Å²) < 4.78 is 5.48. The summed E-state index contributed by atoms with van der Waals surface area (Å²) in [5, 5.41) is 14.0. The van der Waals surface area contributed by atoms with E-state index in [2.05, 4.69) is 10.6 Å². The van der Waals surface area contributed by atoms with Crippen molar-refractivity contribution < 1.29 is 24.2 Å². The monoisotopic (exact) mass is 337 g/mol. The molecule has 1 unspecified atom stereocenters. The normalized spacial score (nSPS) is 12.3. The number of nitrogens with one attached hydrogen (secondary N) is 2. The van der Waals surface area contributed by atoms with Crippen molar-refractivity contribution in [1.82, 2.24) is 5.32 Å². The molecule has 0 fully saturated rings. The minimum absolute atomic E-state index is 0.136. The zero-order valence-electron chi connectivity index (χ0n) is 14.0. The van der Waals surface area contributed by atoms with E-state index in [1.807, 2.05) is 20.8 Å². The second kappa shape index (κ2) is 8.30. The molecular weight excluding hydrogens is 314 g/mol. The lowest BCUT2D eigenvalue weighted by Gasteiger charge is -2.21. The van der Waals surface area contributed by atoms with E-state index in [4.69, 9.17) is 10.5 Å². The van der Waals surface area contributed by atoms with Crippen molar-refractivity contribution in [3.05, 3.63) is 29.8 Å². The van der Waals surface area contributed by atoms with Gasteiger partial charge in [0, 0.05) is 24.3 Å². The van der Waals surface area contributed by atoms with Gasteiger partial charge in [0.2, 0.25) is 0 Å². The van der Waals surface area contributed by atoms with E-state index in [1.165, 1.54) is 12.1 Å². The quantitative estimate of drug-likeness (QED) is 0.600. The number of rotatable bonds is 7. The number of amides is 3. The van der Waals surface area contributed by atoms with Gasteiger partial charge in [-0.1, -0.05) is 6.07 Å². The van der Waals surface area contributed by atoms with Crippen LogP contribution in [0.1, 0.15) is 37.6 Å². The summed E-state index contributed by atoms with van der Waals surface area (Å²) in [5.74, 6) is -1.71. The molecule has 0 aliphatic heterocycles. The molecule has 0 bridgehead atoms. The number of aliphatic carboxylic acids is 1. The summed E-state index contributed by atoms with van der Waals surface area (Å²) in [6.07, 6.45) is 0.136. The molecule has 3 amide bonds. The largest absolute Gasteiger partial charge is 0.480 e. The van der Waals surface area contributed by atoms with Crippen LogP contribution in [0.2, 0.25) is 0 Å². The molecule has 0 spiro atoms. The zero-order chi connectivity index (χ0) is 18.3. The summed E-state index contributed by atoms with van der Waals surface area (Å²) in [6, 6.07) is 4.20. The lowest BCUT2D eigenvalue weighted by Crippen LogP contribution is -2.42. The summed E-state index contributed by atoms with van der Waals surface area (Å²) in [4.78, 5) is 34.3. The number of nitrogens with two attached hydrogens (primary N) is 1. The molecule has 1 aromatic rings. The second-order valence-electron chi connectivity index (χ2n) is 6.18. The Labute approximate surface area is 140 Å². The van der Waals surface area contributed by atoms with Crippen LogP contribution in [0.25, 0.3) is 0 Å². The fourth-order valence-corrected chi connectivity index (χ4v) is 1.86. The van der Waals surface area contributed by atoms with Crippen molar-refractivity contribution in [2.45, 2.75) is 38.8 Å². The van der Waals surface area contributed by atoms with Gasteiger partial charge in [-0.25, -0.2) is 9.59 Å². The Hall–Kier alpha value is -2.61. The van der Waals surface area contributed by atoms with E-state index in [0.717, 1.165) is 0 Å². The van der Waals surface area contributed by atoms with Gasteiger partial charge in [0.25, 0.3) is 5.91 Å². The highest BCUT2D eigenvalue weighted by Gasteiger charge is 2.22. The molecule has 132 valence electrons. The SMILES string of the molecule is CC(C)(C)OCCC(NC(=O)c1cccc(NC(N)=O)c1)C(=O)O. The average molecular weight is 337 g/mol. The van der Waals surface area contributed by atoms with Crippen molar-refractivity contribution in [2.75, 3.05) is 11.9 Å². The maximum absolute atomic E-state index is 12.2. The fourth-order valence-electron chi connectivity index (χ4n) is 1.86. The van der Waals surface area contributed by atoms with Gasteiger partial charge < -0.3 is 26.2 Å². The van der Waals surface area contributed by atoms with Gasteiger partial charge in [-0.05, 0) is 39.0 Å². The molecule has 8 heteroatoms. The molecule has 0 saturated carbocycles. The Morgan fingerprint density at radius 2 is 1.96 bits per heavy atom. The standard InChI is InChI=1S/C16H23N3O5/c1-16(2,3)24-8-7-12(14(21)22)19-13(20)10-5-4-6-11(9-10)18-15(17)23/h4-6,9,12H,7-8H2,1-3H3,(H,19,20)(H,21,22)(H3,17,18,23). The minimum Gasteiger partial charge on any atom is -0.480 e. The van der Waals surface area contributed by atoms with Gasteiger partial charge in [-0.2, -0.15) is 0 Å². The lowest BCUT2D eigenvalue weighted by atomic mass is 10.1. The number of carboxylic acid groups (broad SMARTS) is 1. The maximum Gasteiger partial charge on any atom is 0.326 e. The smallest absolute Gasteiger partial charge is 0.326 e. The summed E-state index contributed by atoms with van der Waals surface area (Å²) >= 11 is 0. The van der Waals surface area contributed by atoms with Crippen molar-refractivity contribution >= 4 is 23.6 Å². The third-order valence-electron chi connectivity index (χ3n) is 2.94. The van der Waals surface area contributed by atoms with Gasteiger partial charge in [0.15, 0.2) is 0 Å². The summed E-state index contributed by atoms with van der Waals surface area (Å²) in [6.45, 7) is 5.78. The number of carbonyl (C=O) groups is 3. The molecule has 1 rings (SSSR count). The van der Waals surface area contributed by atoms with Crippen LogP contribution in [0.15, 0.2) is 24.3 Å². The van der Waals surface area contributed by atoms with Crippen LogP contribution in [-0.2, 0) is 9.53 Å². The highest BCUT2D eigenvalue weighted by molar-refractivity contribution is 5.98. The molecule has 0 aliphatic rings. The first kappa shape index (κ1) is 19.4. The van der Waals surface area contributed by atoms with Crippen LogP contribution in [-0.4, -0.2) is 41.3 Å². The fraction of sp³-hybridized carbons (Fsp3) is 0.438. The van der Waals surface area contributed by atoms with E-state index >= 15 is 0 Å². The molecule has 1 atom stereocenters. The van der Waals surface area contributed by atoms with E-state index in [0.29, 0.717) is 5.69 Å². The number of primary amides is 1. The number of benzene rings is 1. The number of carbonyl (C=O) groups excluding carboxylic acids is 2. The molecule has 5 N–H and O–H groups in total. The van der Waals surface area contributed by atoms with Gasteiger partial charge in [-0.15, -0.1) is 0 Å². The first-order valence-corrected chi connectivity index (χ1v) is 7.42. The molecule has 24 heavy (non-hydrogen) atoms. The van der Waals surface area contributed by atoms with Gasteiger partial charge in [0.1, 0.15) is 6.04 Å². The number of hydrogen-bond acceptors (Lipinski definition) is 4. The average Bonchev–Trinajstić information content (AvgIpc) is 2.44. The maximum atomic E-state index is 12.2. The third kappa shape index (κ3) is 7.10. The van der Waals surface area contributed by atoms with Crippen LogP contribution >= 0.6 is 0 Å². The van der Waals surface area contributed by atoms with Crippen LogP contribution < -0.4 is 16.4 Å². The molecule has 0 heterocycles. The summed E-state index contributed by atoms with van der Waals surface area (Å²) in [5.41, 5.74) is 5.19. The van der Waals surface area contributed by atoms with Gasteiger partial charge >= 0.3 is 12.0 Å². The van der Waals surface area contributed by atoms with E-state index in [-0.39, 0.29) is 24.2 Å². The number of anilines is 1. The Bertz CT molecular complexity index is 610. The van der Waals surface area contributed by atoms with Crippen LogP contribution in [0.4, 0.5) is 10.5 Å². The molecule has 1 aromatic carbocycles. The van der Waals surface area contributed by atoms with Crippen molar-refractivity contribution in [3.8, 4) is 0 Å². The predicted octanol–water partition coefficient (Wildman–Crippen LogP) is 1.57. The second-order valence-corrected chi connectivity index (χ2v) is 6.18. The molecule has 0 aromatic heterocycles. The Balaban J connectivity index is 2.71. The van der Waals surface area contributed by atoms with Crippen LogP contribution in [0, 0.1) is 0 Å². The Morgan fingerprint density at radius 3 is 2.50 bits per heavy atom. The van der Waals surface area contributed by atoms with Gasteiger partial charge in [-0.3, -0.25) is 4.79 Å². The number of hydrogen-bond donors (Lipinski definition) is 4. The first-order valence-electron chi connectivity index (χ1n) is 7.42. The van der Waals surface area contributed by atoms with E-state index in [9.17, 15) is 19.5 Å². The number of carboxylic acids is 1. The lowest BCUT2D eigenvalue weighted by molar-refractivity contribution is -0.140. The highest BCUT2D eigenvalue weighted by Crippen LogP contribution is 2.12. The highest BCUT2D eigenvalue weighted by atomic mass is 16.5.